The lowest BCUT2D eigenvalue weighted by Crippen LogP contribution is -2.34. The fraction of sp³-hybridized carbons (Fsp3) is 0.304. The molecule has 0 spiro atoms. The first-order valence-corrected chi connectivity index (χ1v) is 10.9. The zero-order valence-electron chi connectivity index (χ0n) is 17.5. The summed E-state index contributed by atoms with van der Waals surface area (Å²) < 4.78 is 5.99. The maximum Gasteiger partial charge on any atom is 0.234 e. The largest absolute Gasteiger partial charge is 0.439 e. The number of thiocarbonyl (C=S) groups is 1. The molecule has 1 aromatic carbocycles. The molecule has 0 radical (unpaired) electrons. The number of nitrogens with one attached hydrogen (secondary N) is 2. The van der Waals surface area contributed by atoms with Crippen LogP contribution in [0.3, 0.4) is 0 Å². The molecule has 7 nitrogen and oxygen atoms in total. The molecule has 2 aromatic heterocycles. The fourth-order valence-corrected chi connectivity index (χ4v) is 3.52. The van der Waals surface area contributed by atoms with E-state index in [1.165, 1.54) is 0 Å². The van der Waals surface area contributed by atoms with Crippen LogP contribution >= 0.6 is 12.2 Å². The van der Waals surface area contributed by atoms with Gasteiger partial charge in [0.05, 0.1) is 0 Å². The molecule has 1 saturated heterocycles. The highest BCUT2D eigenvalue weighted by atomic mass is 32.1. The third-order valence-electron chi connectivity index (χ3n) is 5.16. The van der Waals surface area contributed by atoms with Gasteiger partial charge in [0.2, 0.25) is 11.8 Å². The molecule has 0 amide bonds. The molecular formula is C23H26N6OS. The molecule has 0 unspecified atom stereocenters. The van der Waals surface area contributed by atoms with Crippen LogP contribution in [-0.2, 0) is 6.54 Å². The van der Waals surface area contributed by atoms with E-state index in [9.17, 15) is 0 Å². The van der Waals surface area contributed by atoms with E-state index in [4.69, 9.17) is 21.9 Å². The molecule has 160 valence electrons. The summed E-state index contributed by atoms with van der Waals surface area (Å²) in [5.74, 6) is 3.19. The summed E-state index contributed by atoms with van der Waals surface area (Å²) in [5.41, 5.74) is 1.04. The minimum Gasteiger partial charge on any atom is -0.439 e. The smallest absolute Gasteiger partial charge is 0.234 e. The lowest BCUT2D eigenvalue weighted by Gasteiger charge is -2.31. The third-order valence-corrected chi connectivity index (χ3v) is 5.41. The van der Waals surface area contributed by atoms with Crippen LogP contribution in [0.15, 0.2) is 60.9 Å². The highest BCUT2D eigenvalue weighted by Crippen LogP contribution is 2.27. The Labute approximate surface area is 187 Å². The van der Waals surface area contributed by atoms with Gasteiger partial charge in [0.15, 0.2) is 5.11 Å². The van der Waals surface area contributed by atoms with Gasteiger partial charge in [-0.3, -0.25) is 4.98 Å². The van der Waals surface area contributed by atoms with Crippen molar-refractivity contribution in [1.82, 2.24) is 20.3 Å². The highest BCUT2D eigenvalue weighted by molar-refractivity contribution is 7.80. The van der Waals surface area contributed by atoms with Crippen molar-refractivity contribution < 1.29 is 4.74 Å². The van der Waals surface area contributed by atoms with Crippen LogP contribution in [0.25, 0.3) is 0 Å². The second-order valence-corrected chi connectivity index (χ2v) is 8.05. The summed E-state index contributed by atoms with van der Waals surface area (Å²) in [4.78, 5) is 15.6. The van der Waals surface area contributed by atoms with Crippen molar-refractivity contribution in [2.45, 2.75) is 26.3 Å². The molecule has 1 fully saturated rings. The molecule has 31 heavy (non-hydrogen) atoms. The fourth-order valence-electron chi connectivity index (χ4n) is 3.36. The zero-order chi connectivity index (χ0) is 21.5. The Morgan fingerprint density at radius 1 is 1.13 bits per heavy atom. The van der Waals surface area contributed by atoms with Gasteiger partial charge in [-0.25, -0.2) is 0 Å². The summed E-state index contributed by atoms with van der Waals surface area (Å²) in [6.45, 7) is 4.79. The Balaban J connectivity index is 1.50. The average molecular weight is 435 g/mol. The van der Waals surface area contributed by atoms with Crippen molar-refractivity contribution in [2.24, 2.45) is 5.92 Å². The van der Waals surface area contributed by atoms with Crippen molar-refractivity contribution in [3.63, 3.8) is 0 Å². The van der Waals surface area contributed by atoms with E-state index in [0.717, 1.165) is 49.0 Å². The van der Waals surface area contributed by atoms with Gasteiger partial charge in [-0.1, -0.05) is 31.2 Å². The minimum atomic E-state index is 0.408. The third kappa shape index (κ3) is 6.11. The highest BCUT2D eigenvalue weighted by Gasteiger charge is 2.19. The van der Waals surface area contributed by atoms with Gasteiger partial charge in [0.1, 0.15) is 11.6 Å². The van der Waals surface area contributed by atoms with E-state index in [-0.39, 0.29) is 0 Å². The molecule has 3 heterocycles. The quantitative estimate of drug-likeness (QED) is 0.554. The monoisotopic (exact) mass is 434 g/mol. The molecule has 0 atom stereocenters. The first kappa shape index (κ1) is 21.0. The van der Waals surface area contributed by atoms with Crippen molar-refractivity contribution >= 4 is 29.1 Å². The SMILES string of the molecule is CC1CCN(c2cc(Oc3ccccc3)nc(NC(=S)NCc3cccnc3)n2)CC1. The molecule has 3 aromatic rings. The van der Waals surface area contributed by atoms with Crippen LogP contribution in [0.1, 0.15) is 25.3 Å². The molecule has 1 aliphatic rings. The number of benzene rings is 1. The number of anilines is 2. The number of rotatable bonds is 6. The Morgan fingerprint density at radius 2 is 1.94 bits per heavy atom. The molecule has 4 rings (SSSR count). The van der Waals surface area contributed by atoms with E-state index in [0.29, 0.717) is 23.5 Å². The van der Waals surface area contributed by atoms with Crippen LogP contribution in [-0.4, -0.2) is 33.2 Å². The number of para-hydroxylation sites is 1. The average Bonchev–Trinajstić information content (AvgIpc) is 2.79. The first-order chi connectivity index (χ1) is 15.2. The lowest BCUT2D eigenvalue weighted by atomic mass is 9.99. The molecule has 0 bridgehead atoms. The number of nitrogens with zero attached hydrogens (tertiary/aromatic N) is 4. The van der Waals surface area contributed by atoms with E-state index < -0.39 is 0 Å². The van der Waals surface area contributed by atoms with Crippen LogP contribution in [0.5, 0.6) is 11.6 Å². The predicted molar refractivity (Wildman–Crippen MR) is 126 cm³/mol. The van der Waals surface area contributed by atoms with Crippen LogP contribution in [0.2, 0.25) is 0 Å². The molecule has 1 aliphatic heterocycles. The second-order valence-electron chi connectivity index (χ2n) is 7.64. The van der Waals surface area contributed by atoms with Gasteiger partial charge in [-0.15, -0.1) is 0 Å². The van der Waals surface area contributed by atoms with E-state index in [1.807, 2.05) is 48.5 Å². The van der Waals surface area contributed by atoms with E-state index >= 15 is 0 Å². The van der Waals surface area contributed by atoms with Gasteiger partial charge < -0.3 is 20.3 Å². The predicted octanol–water partition coefficient (Wildman–Crippen LogP) is 4.39. The summed E-state index contributed by atoms with van der Waals surface area (Å²) >= 11 is 5.45. The van der Waals surface area contributed by atoms with Gasteiger partial charge in [0.25, 0.3) is 0 Å². The van der Waals surface area contributed by atoms with Crippen molar-refractivity contribution in [3.8, 4) is 11.6 Å². The summed E-state index contributed by atoms with van der Waals surface area (Å²) in [6, 6.07) is 15.4. The number of piperidine rings is 1. The summed E-state index contributed by atoms with van der Waals surface area (Å²) in [5, 5.41) is 6.71. The second kappa shape index (κ2) is 10.2. The minimum absolute atomic E-state index is 0.408. The van der Waals surface area contributed by atoms with Crippen molar-refractivity contribution in [1.29, 1.82) is 0 Å². The lowest BCUT2D eigenvalue weighted by molar-refractivity contribution is 0.434. The number of hydrogen-bond donors (Lipinski definition) is 2. The van der Waals surface area contributed by atoms with Crippen molar-refractivity contribution in [2.75, 3.05) is 23.3 Å². The Kier molecular flexibility index (Phi) is 6.89. The number of ether oxygens (including phenoxy) is 1. The molecule has 8 heteroatoms. The Morgan fingerprint density at radius 3 is 2.68 bits per heavy atom. The summed E-state index contributed by atoms with van der Waals surface area (Å²) in [7, 11) is 0. The number of aromatic nitrogens is 3. The molecule has 0 saturated carbocycles. The molecule has 2 N–H and O–H groups in total. The molecule has 0 aliphatic carbocycles. The normalized spacial score (nSPS) is 14.2. The first-order valence-electron chi connectivity index (χ1n) is 10.5. The van der Waals surface area contributed by atoms with Crippen molar-refractivity contribution in [3.05, 3.63) is 66.5 Å². The van der Waals surface area contributed by atoms with Gasteiger partial charge in [-0.05, 0) is 54.7 Å². The van der Waals surface area contributed by atoms with E-state index in [2.05, 4.69) is 32.4 Å². The van der Waals surface area contributed by atoms with E-state index in [1.54, 1.807) is 12.4 Å². The maximum absolute atomic E-state index is 5.99. The van der Waals surface area contributed by atoms with Gasteiger partial charge in [-0.2, -0.15) is 9.97 Å². The van der Waals surface area contributed by atoms with Gasteiger partial charge in [0, 0.05) is 38.1 Å². The summed E-state index contributed by atoms with van der Waals surface area (Å²) in [6.07, 6.45) is 5.84. The zero-order valence-corrected chi connectivity index (χ0v) is 18.3. The Hall–Kier alpha value is -3.26. The molecular weight excluding hydrogens is 408 g/mol. The maximum atomic E-state index is 5.99. The van der Waals surface area contributed by atoms with Crippen LogP contribution in [0.4, 0.5) is 11.8 Å². The van der Waals surface area contributed by atoms with Crippen LogP contribution < -0.4 is 20.3 Å². The Bertz CT molecular complexity index is 993. The standard InChI is InChI=1S/C23H26N6OS/c1-17-9-12-29(13-10-17)20-14-21(30-19-7-3-2-4-8-19)27-22(26-20)28-23(31)25-16-18-6-5-11-24-15-18/h2-8,11,14-15,17H,9-10,12-13,16H2,1H3,(H2,25,26,27,28,31). The topological polar surface area (TPSA) is 75.2 Å². The number of hydrogen-bond acceptors (Lipinski definition) is 6. The number of pyridine rings is 1. The van der Waals surface area contributed by atoms with Crippen LogP contribution in [0, 0.1) is 5.92 Å². The van der Waals surface area contributed by atoms with Gasteiger partial charge >= 0.3 is 0 Å².